The Bertz CT molecular complexity index is 882. The summed E-state index contributed by atoms with van der Waals surface area (Å²) in [6, 6.07) is 2.92. The third-order valence-electron chi connectivity index (χ3n) is 5.01. The Morgan fingerprint density at radius 2 is 2.07 bits per heavy atom. The van der Waals surface area contributed by atoms with Gasteiger partial charge >= 0.3 is 6.18 Å². The van der Waals surface area contributed by atoms with Crippen LogP contribution in [0.25, 0.3) is 0 Å². The number of allylic oxidation sites excluding steroid dienone is 5. The molecule has 1 aromatic rings. The topological polar surface area (TPSA) is 58.6 Å². The molecule has 0 aromatic heterocycles. The molecule has 1 saturated heterocycles. The first-order chi connectivity index (χ1) is 14.1. The lowest BCUT2D eigenvalue weighted by Gasteiger charge is -2.15. The Balaban J connectivity index is 2.28. The first kappa shape index (κ1) is 24.0. The maximum absolute atomic E-state index is 13.3. The molecule has 4 nitrogen and oxygen atoms in total. The van der Waals surface area contributed by atoms with Crippen molar-refractivity contribution in [2.24, 2.45) is 0 Å². The van der Waals surface area contributed by atoms with Crippen LogP contribution >= 0.6 is 11.6 Å². The first-order valence-electron chi connectivity index (χ1n) is 9.61. The first-order valence-corrected chi connectivity index (χ1v) is 9.99. The molecule has 164 valence electrons. The maximum Gasteiger partial charge on any atom is 0.416 e. The number of hydrogen-bond acceptors (Lipinski definition) is 3. The minimum atomic E-state index is -4.50. The average Bonchev–Trinajstić information content (AvgIpc) is 3.21. The maximum atomic E-state index is 13.3. The number of rotatable bonds is 6. The van der Waals surface area contributed by atoms with Gasteiger partial charge in [-0.3, -0.25) is 4.79 Å². The van der Waals surface area contributed by atoms with E-state index in [9.17, 15) is 23.1 Å². The summed E-state index contributed by atoms with van der Waals surface area (Å²) in [5.74, 6) is -0.949. The number of alkyl halides is 3. The molecule has 2 rings (SSSR count). The molecule has 8 heteroatoms. The number of phenolic OH excluding ortho intramolecular Hbond substituents is 1. The summed E-state index contributed by atoms with van der Waals surface area (Å²) in [6.07, 6.45) is 0.0442. The molecule has 1 aliphatic heterocycles. The minimum absolute atomic E-state index is 0.0477. The van der Waals surface area contributed by atoms with Gasteiger partial charge in [0.1, 0.15) is 5.75 Å². The Labute approximate surface area is 179 Å². The number of carbonyl (C=O) groups excluding carboxylic acids is 1. The fourth-order valence-corrected chi connectivity index (χ4v) is 3.36. The van der Waals surface area contributed by atoms with Crippen LogP contribution in [0.4, 0.5) is 13.2 Å². The summed E-state index contributed by atoms with van der Waals surface area (Å²) < 4.78 is 45.1. The van der Waals surface area contributed by atoms with Gasteiger partial charge in [-0.25, -0.2) is 0 Å². The number of nitrogens with one attached hydrogen (secondary N) is 1. The Morgan fingerprint density at radius 1 is 1.37 bits per heavy atom. The van der Waals surface area contributed by atoms with Gasteiger partial charge in [0, 0.05) is 28.8 Å². The second kappa shape index (κ2) is 10.2. The van der Waals surface area contributed by atoms with Crippen molar-refractivity contribution in [2.75, 3.05) is 13.2 Å². The summed E-state index contributed by atoms with van der Waals surface area (Å²) in [6.45, 7) is 5.61. The standard InChI is InChI=1S/C22H25ClF3NO3/c1-4-13(3)19(22(24,25)26)7-6-16(5-2)27-21(29)18-11-15(23)10-17(20(18)28)14-8-9-30-12-14/h5-7,10-11,14,28H,4,8-9,12H2,1-3H3,(H,27,29)/b7-6-,16-5+,19-13-. The van der Waals surface area contributed by atoms with Crippen molar-refractivity contribution >= 4 is 17.5 Å². The van der Waals surface area contributed by atoms with Crippen molar-refractivity contribution in [3.05, 3.63) is 63.4 Å². The van der Waals surface area contributed by atoms with Gasteiger partial charge in [0.05, 0.1) is 17.7 Å². The molecule has 30 heavy (non-hydrogen) atoms. The number of benzene rings is 1. The van der Waals surface area contributed by atoms with Crippen molar-refractivity contribution in [2.45, 2.75) is 45.7 Å². The number of ether oxygens (including phenoxy) is 1. The normalized spacial score (nSPS) is 18.6. The molecule has 2 N–H and O–H groups in total. The fraction of sp³-hybridized carbons (Fsp3) is 0.409. The quantitative estimate of drug-likeness (QED) is 0.528. The van der Waals surface area contributed by atoms with E-state index >= 15 is 0 Å². The molecule has 0 aliphatic carbocycles. The fourth-order valence-electron chi connectivity index (χ4n) is 3.14. The second-order valence-corrected chi connectivity index (χ2v) is 7.46. The Kier molecular flexibility index (Phi) is 8.15. The van der Waals surface area contributed by atoms with Gasteiger partial charge in [0.15, 0.2) is 0 Å². The number of phenols is 1. The van der Waals surface area contributed by atoms with Crippen molar-refractivity contribution in [1.82, 2.24) is 5.32 Å². The predicted octanol–water partition coefficient (Wildman–Crippen LogP) is 6.03. The van der Waals surface area contributed by atoms with Gasteiger partial charge < -0.3 is 15.2 Å². The third-order valence-corrected chi connectivity index (χ3v) is 5.23. The summed E-state index contributed by atoms with van der Waals surface area (Å²) in [7, 11) is 0. The number of hydrogen-bond donors (Lipinski definition) is 2. The minimum Gasteiger partial charge on any atom is -0.507 e. The zero-order chi connectivity index (χ0) is 22.5. The van der Waals surface area contributed by atoms with E-state index in [0.29, 0.717) is 25.2 Å². The van der Waals surface area contributed by atoms with Gasteiger partial charge in [-0.05, 0) is 51.0 Å². The van der Waals surface area contributed by atoms with E-state index in [1.807, 2.05) is 0 Å². The highest BCUT2D eigenvalue weighted by Crippen LogP contribution is 2.36. The summed E-state index contributed by atoms with van der Waals surface area (Å²) in [5.41, 5.74) is 0.0667. The number of amides is 1. The largest absolute Gasteiger partial charge is 0.507 e. The van der Waals surface area contributed by atoms with Crippen molar-refractivity contribution < 1.29 is 27.8 Å². The molecule has 1 aliphatic rings. The zero-order valence-electron chi connectivity index (χ0n) is 17.1. The van der Waals surface area contributed by atoms with Gasteiger partial charge in [-0.15, -0.1) is 0 Å². The highest BCUT2D eigenvalue weighted by atomic mass is 35.5. The number of aromatic hydroxyl groups is 1. The molecule has 0 radical (unpaired) electrons. The van der Waals surface area contributed by atoms with E-state index in [4.69, 9.17) is 16.3 Å². The molecule has 1 unspecified atom stereocenters. The summed E-state index contributed by atoms with van der Waals surface area (Å²) in [4.78, 5) is 12.7. The van der Waals surface area contributed by atoms with Crippen LogP contribution in [0.3, 0.4) is 0 Å². The highest BCUT2D eigenvalue weighted by Gasteiger charge is 2.33. The molecule has 1 fully saturated rings. The Morgan fingerprint density at radius 3 is 2.60 bits per heavy atom. The van der Waals surface area contributed by atoms with E-state index in [1.54, 1.807) is 19.9 Å². The highest BCUT2D eigenvalue weighted by molar-refractivity contribution is 6.31. The second-order valence-electron chi connectivity index (χ2n) is 7.03. The van der Waals surface area contributed by atoms with Crippen LogP contribution in [0, 0.1) is 0 Å². The van der Waals surface area contributed by atoms with E-state index in [-0.39, 0.29) is 39.9 Å². The molecule has 0 spiro atoms. The van der Waals surface area contributed by atoms with Gasteiger partial charge in [0.25, 0.3) is 5.91 Å². The van der Waals surface area contributed by atoms with E-state index in [0.717, 1.165) is 6.08 Å². The SMILES string of the molecule is C\C=C(/C=C\C(=C(/C)CC)C(F)(F)F)NC(=O)c1cc(Cl)cc(C2CCOC2)c1O. The van der Waals surface area contributed by atoms with Crippen molar-refractivity contribution in [3.8, 4) is 5.75 Å². The number of carbonyl (C=O) groups is 1. The summed E-state index contributed by atoms with van der Waals surface area (Å²) >= 11 is 6.13. The van der Waals surface area contributed by atoms with Crippen LogP contribution in [0.2, 0.25) is 5.02 Å². The molecule has 1 heterocycles. The number of halogens is 4. The molecule has 1 amide bonds. The molecule has 1 aromatic carbocycles. The van der Waals surface area contributed by atoms with Crippen LogP contribution in [-0.2, 0) is 4.74 Å². The predicted molar refractivity (Wildman–Crippen MR) is 111 cm³/mol. The van der Waals surface area contributed by atoms with Crippen LogP contribution in [0.5, 0.6) is 5.75 Å². The van der Waals surface area contributed by atoms with Gasteiger partial charge in [-0.2, -0.15) is 13.2 Å². The van der Waals surface area contributed by atoms with Crippen LogP contribution in [0.1, 0.15) is 55.5 Å². The van der Waals surface area contributed by atoms with Crippen LogP contribution in [-0.4, -0.2) is 30.4 Å². The lowest BCUT2D eigenvalue weighted by atomic mass is 9.95. The summed E-state index contributed by atoms with van der Waals surface area (Å²) in [5, 5.41) is 13.4. The third kappa shape index (κ3) is 5.89. The van der Waals surface area contributed by atoms with Gasteiger partial charge in [0.2, 0.25) is 0 Å². The zero-order valence-corrected chi connectivity index (χ0v) is 17.8. The van der Waals surface area contributed by atoms with E-state index in [2.05, 4.69) is 5.32 Å². The van der Waals surface area contributed by atoms with Crippen molar-refractivity contribution in [3.63, 3.8) is 0 Å². The van der Waals surface area contributed by atoms with Crippen molar-refractivity contribution in [1.29, 1.82) is 0 Å². The molecule has 1 atom stereocenters. The molecular formula is C22H25ClF3NO3. The van der Waals surface area contributed by atoms with E-state index in [1.165, 1.54) is 25.1 Å². The van der Waals surface area contributed by atoms with Crippen LogP contribution < -0.4 is 5.32 Å². The molecule has 0 bridgehead atoms. The monoisotopic (exact) mass is 443 g/mol. The van der Waals surface area contributed by atoms with Crippen LogP contribution in [0.15, 0.2) is 47.2 Å². The van der Waals surface area contributed by atoms with E-state index < -0.39 is 17.7 Å². The average molecular weight is 444 g/mol. The molecular weight excluding hydrogens is 419 g/mol. The smallest absolute Gasteiger partial charge is 0.416 e. The molecule has 0 saturated carbocycles. The van der Waals surface area contributed by atoms with Gasteiger partial charge in [-0.1, -0.05) is 30.2 Å². The lowest BCUT2D eigenvalue weighted by molar-refractivity contribution is -0.0890. The lowest BCUT2D eigenvalue weighted by Crippen LogP contribution is -2.22. The Hall–Kier alpha value is -2.25.